The number of hydrogen-bond acceptors (Lipinski definition) is 3. The summed E-state index contributed by atoms with van der Waals surface area (Å²) in [5.74, 6) is -0.242. The Morgan fingerprint density at radius 3 is 2.53 bits per heavy atom. The van der Waals surface area contributed by atoms with Crippen LogP contribution >= 0.6 is 0 Å². The van der Waals surface area contributed by atoms with Crippen LogP contribution in [0.25, 0.3) is 0 Å². The van der Waals surface area contributed by atoms with E-state index in [1.165, 1.54) is 13.2 Å². The Balaban J connectivity index is 2.52. The Labute approximate surface area is 99.8 Å². The maximum Gasteiger partial charge on any atom is 0.314 e. The van der Waals surface area contributed by atoms with Gasteiger partial charge in [0.2, 0.25) is 0 Å². The first-order chi connectivity index (χ1) is 8.05. The third-order valence-electron chi connectivity index (χ3n) is 3.45. The van der Waals surface area contributed by atoms with E-state index in [-0.39, 0.29) is 5.75 Å². The SMILES string of the molecule is CCc1cc(C2(C(=O)O)CC2)c(O)cc1OC. The minimum Gasteiger partial charge on any atom is -0.507 e. The van der Waals surface area contributed by atoms with E-state index in [4.69, 9.17) is 4.74 Å². The summed E-state index contributed by atoms with van der Waals surface area (Å²) in [4.78, 5) is 11.2. The number of phenolic OH excluding ortho intramolecular Hbond substituents is 1. The summed E-state index contributed by atoms with van der Waals surface area (Å²) in [7, 11) is 1.54. The van der Waals surface area contributed by atoms with Crippen molar-refractivity contribution in [2.75, 3.05) is 7.11 Å². The Hall–Kier alpha value is -1.71. The van der Waals surface area contributed by atoms with Gasteiger partial charge in [0.15, 0.2) is 0 Å². The van der Waals surface area contributed by atoms with E-state index in [1.54, 1.807) is 6.07 Å². The van der Waals surface area contributed by atoms with Crippen molar-refractivity contribution in [2.24, 2.45) is 0 Å². The number of carboxylic acids is 1. The number of aryl methyl sites for hydroxylation is 1. The quantitative estimate of drug-likeness (QED) is 0.840. The van der Waals surface area contributed by atoms with Gasteiger partial charge in [-0.25, -0.2) is 0 Å². The molecule has 17 heavy (non-hydrogen) atoms. The largest absolute Gasteiger partial charge is 0.507 e. The average Bonchev–Trinajstić information content (AvgIpc) is 3.09. The fourth-order valence-corrected chi connectivity index (χ4v) is 2.19. The number of carbonyl (C=O) groups is 1. The van der Waals surface area contributed by atoms with Crippen molar-refractivity contribution in [1.82, 2.24) is 0 Å². The van der Waals surface area contributed by atoms with Gasteiger partial charge in [0, 0.05) is 11.6 Å². The van der Waals surface area contributed by atoms with Crippen LogP contribution in [0.3, 0.4) is 0 Å². The zero-order valence-electron chi connectivity index (χ0n) is 9.99. The summed E-state index contributed by atoms with van der Waals surface area (Å²) >= 11 is 0. The van der Waals surface area contributed by atoms with Crippen molar-refractivity contribution in [3.8, 4) is 11.5 Å². The maximum absolute atomic E-state index is 11.2. The minimum atomic E-state index is -0.875. The fourth-order valence-electron chi connectivity index (χ4n) is 2.19. The molecule has 2 N–H and O–H groups in total. The normalized spacial score (nSPS) is 16.6. The molecule has 1 aliphatic rings. The van der Waals surface area contributed by atoms with Crippen LogP contribution < -0.4 is 4.74 Å². The summed E-state index contributed by atoms with van der Waals surface area (Å²) in [5, 5.41) is 19.2. The molecular formula is C13H16O4. The maximum atomic E-state index is 11.2. The third-order valence-corrected chi connectivity index (χ3v) is 3.45. The number of methoxy groups -OCH3 is 1. The molecule has 1 aromatic carbocycles. The summed E-state index contributed by atoms with van der Waals surface area (Å²) in [6, 6.07) is 3.27. The van der Waals surface area contributed by atoms with E-state index in [1.807, 2.05) is 6.92 Å². The van der Waals surface area contributed by atoms with E-state index >= 15 is 0 Å². The van der Waals surface area contributed by atoms with Crippen molar-refractivity contribution in [1.29, 1.82) is 0 Å². The van der Waals surface area contributed by atoms with E-state index in [2.05, 4.69) is 0 Å². The standard InChI is InChI=1S/C13H16O4/c1-3-8-6-9(10(14)7-11(8)17-2)13(4-5-13)12(15)16/h6-7,14H,3-5H2,1-2H3,(H,15,16). The summed E-state index contributed by atoms with van der Waals surface area (Å²) < 4.78 is 5.16. The Morgan fingerprint density at radius 1 is 1.47 bits per heavy atom. The average molecular weight is 236 g/mol. The van der Waals surface area contributed by atoms with Gasteiger partial charge in [-0.2, -0.15) is 0 Å². The molecule has 0 aromatic heterocycles. The first-order valence-corrected chi connectivity index (χ1v) is 5.69. The molecule has 0 heterocycles. The van der Waals surface area contributed by atoms with Crippen molar-refractivity contribution < 1.29 is 19.7 Å². The lowest BCUT2D eigenvalue weighted by molar-refractivity contribution is -0.140. The molecule has 1 saturated carbocycles. The number of aromatic hydroxyl groups is 1. The van der Waals surface area contributed by atoms with Gasteiger partial charge >= 0.3 is 5.97 Å². The highest BCUT2D eigenvalue weighted by atomic mass is 16.5. The van der Waals surface area contributed by atoms with E-state index < -0.39 is 11.4 Å². The van der Waals surface area contributed by atoms with Crippen LogP contribution in [0.2, 0.25) is 0 Å². The molecule has 1 aliphatic carbocycles. The summed E-state index contributed by atoms with van der Waals surface area (Å²) in [6.45, 7) is 1.97. The van der Waals surface area contributed by atoms with E-state index in [9.17, 15) is 15.0 Å². The van der Waals surface area contributed by atoms with Crippen molar-refractivity contribution >= 4 is 5.97 Å². The lowest BCUT2D eigenvalue weighted by Gasteiger charge is -2.16. The molecular weight excluding hydrogens is 220 g/mol. The van der Waals surface area contributed by atoms with Gasteiger partial charge in [0.1, 0.15) is 11.5 Å². The van der Waals surface area contributed by atoms with Crippen molar-refractivity contribution in [3.63, 3.8) is 0 Å². The monoisotopic (exact) mass is 236 g/mol. The number of rotatable bonds is 4. The van der Waals surface area contributed by atoms with Crippen LogP contribution in [0.15, 0.2) is 12.1 Å². The predicted molar refractivity (Wildman–Crippen MR) is 62.6 cm³/mol. The van der Waals surface area contributed by atoms with Gasteiger partial charge in [-0.1, -0.05) is 6.92 Å². The number of aliphatic carboxylic acids is 1. The Bertz CT molecular complexity index is 461. The minimum absolute atomic E-state index is 0.0129. The highest BCUT2D eigenvalue weighted by molar-refractivity contribution is 5.86. The lowest BCUT2D eigenvalue weighted by atomic mass is 9.92. The lowest BCUT2D eigenvalue weighted by Crippen LogP contribution is -2.20. The number of benzene rings is 1. The molecule has 0 radical (unpaired) electrons. The second kappa shape index (κ2) is 3.95. The van der Waals surface area contributed by atoms with E-state index in [0.717, 1.165) is 12.0 Å². The number of phenols is 1. The topological polar surface area (TPSA) is 66.8 Å². The van der Waals surface area contributed by atoms with Crippen LogP contribution in [-0.4, -0.2) is 23.3 Å². The number of carboxylic acid groups (broad SMARTS) is 1. The molecule has 1 aromatic rings. The highest BCUT2D eigenvalue weighted by Gasteiger charge is 2.53. The highest BCUT2D eigenvalue weighted by Crippen LogP contribution is 2.52. The molecule has 0 amide bonds. The van der Waals surface area contributed by atoms with Crippen LogP contribution in [-0.2, 0) is 16.6 Å². The zero-order chi connectivity index (χ0) is 12.6. The van der Waals surface area contributed by atoms with Gasteiger partial charge < -0.3 is 14.9 Å². The van der Waals surface area contributed by atoms with Gasteiger partial charge in [-0.3, -0.25) is 4.79 Å². The smallest absolute Gasteiger partial charge is 0.314 e. The van der Waals surface area contributed by atoms with Crippen LogP contribution in [0.5, 0.6) is 11.5 Å². The van der Waals surface area contributed by atoms with Crippen LogP contribution in [0, 0.1) is 0 Å². The number of ether oxygens (including phenoxy) is 1. The molecule has 4 nitrogen and oxygen atoms in total. The first-order valence-electron chi connectivity index (χ1n) is 5.69. The summed E-state index contributed by atoms with van der Waals surface area (Å²) in [6.07, 6.45) is 1.92. The predicted octanol–water partition coefficient (Wildman–Crippen LogP) is 2.08. The second-order valence-electron chi connectivity index (χ2n) is 4.42. The molecule has 1 fully saturated rings. The molecule has 0 aliphatic heterocycles. The van der Waals surface area contributed by atoms with Crippen LogP contribution in [0.4, 0.5) is 0 Å². The van der Waals surface area contributed by atoms with E-state index in [0.29, 0.717) is 24.2 Å². The van der Waals surface area contributed by atoms with Gasteiger partial charge in [0.25, 0.3) is 0 Å². The molecule has 0 saturated heterocycles. The fraction of sp³-hybridized carbons (Fsp3) is 0.462. The molecule has 0 unspecified atom stereocenters. The van der Waals surface area contributed by atoms with Gasteiger partial charge in [0.05, 0.1) is 12.5 Å². The molecule has 4 heteroatoms. The van der Waals surface area contributed by atoms with Gasteiger partial charge in [-0.15, -0.1) is 0 Å². The first kappa shape index (κ1) is 11.8. The molecule has 92 valence electrons. The molecule has 0 atom stereocenters. The van der Waals surface area contributed by atoms with Crippen LogP contribution in [0.1, 0.15) is 30.9 Å². The summed E-state index contributed by atoms with van der Waals surface area (Å²) in [5.41, 5.74) is 0.566. The molecule has 0 spiro atoms. The molecule has 0 bridgehead atoms. The molecule has 2 rings (SSSR count). The zero-order valence-corrected chi connectivity index (χ0v) is 9.99. The number of hydrogen-bond donors (Lipinski definition) is 2. The second-order valence-corrected chi connectivity index (χ2v) is 4.42. The van der Waals surface area contributed by atoms with Gasteiger partial charge in [-0.05, 0) is 30.9 Å². The third kappa shape index (κ3) is 1.73. The Kier molecular flexibility index (Phi) is 2.73. The van der Waals surface area contributed by atoms with Crippen molar-refractivity contribution in [2.45, 2.75) is 31.6 Å². The van der Waals surface area contributed by atoms with Crippen molar-refractivity contribution in [3.05, 3.63) is 23.3 Å². The Morgan fingerprint density at radius 2 is 2.12 bits per heavy atom.